The van der Waals surface area contributed by atoms with Crippen molar-refractivity contribution in [2.45, 2.75) is 125 Å². The predicted molar refractivity (Wildman–Crippen MR) is 135 cm³/mol. The van der Waals surface area contributed by atoms with Gasteiger partial charge in [-0.25, -0.2) is 0 Å². The molecule has 0 aromatic carbocycles. The van der Waals surface area contributed by atoms with Crippen molar-refractivity contribution in [1.82, 2.24) is 0 Å². The molecule has 9 atom stereocenters. The first-order chi connectivity index (χ1) is 14.9. The van der Waals surface area contributed by atoms with Gasteiger partial charge in [0.1, 0.15) is 0 Å². The molecule has 0 aromatic rings. The average molecular weight is 441 g/mol. The standard InChI is InChI=1S/C31H52O/c1-20(2)9-10-21(3)22(4)23-13-15-29(8)25-12-11-24-27(5,6)26(32)14-16-30(24)19-31(25,30)18-17-28(23,29)7/h20-21,23-26,32H,4,9-19H2,1-3,5-8H3/t21-,23+,24-,25-,26+,28-,29+,30+,31-/m1/s1. The highest BCUT2D eigenvalue weighted by Gasteiger charge is 2.82. The van der Waals surface area contributed by atoms with Crippen molar-refractivity contribution in [2.75, 3.05) is 0 Å². The molecule has 0 saturated heterocycles. The highest BCUT2D eigenvalue weighted by Crippen LogP contribution is 2.89. The fourth-order valence-electron chi connectivity index (χ4n) is 11.0. The third-order valence-electron chi connectivity index (χ3n) is 13.3. The summed E-state index contributed by atoms with van der Waals surface area (Å²) >= 11 is 0. The molecule has 32 heavy (non-hydrogen) atoms. The fourth-order valence-corrected chi connectivity index (χ4v) is 11.0. The molecule has 5 fully saturated rings. The van der Waals surface area contributed by atoms with E-state index in [9.17, 15) is 5.11 Å². The molecule has 5 aliphatic rings. The van der Waals surface area contributed by atoms with E-state index < -0.39 is 0 Å². The molecule has 0 amide bonds. The molecule has 0 unspecified atom stereocenters. The van der Waals surface area contributed by atoms with Crippen molar-refractivity contribution < 1.29 is 5.11 Å². The highest BCUT2D eigenvalue weighted by atomic mass is 16.3. The monoisotopic (exact) mass is 440 g/mol. The molecule has 1 heteroatoms. The Morgan fingerprint density at radius 1 is 0.812 bits per heavy atom. The molecule has 0 aromatic heterocycles. The van der Waals surface area contributed by atoms with Crippen molar-refractivity contribution in [1.29, 1.82) is 0 Å². The van der Waals surface area contributed by atoms with E-state index in [4.69, 9.17) is 6.58 Å². The summed E-state index contributed by atoms with van der Waals surface area (Å²) in [5.74, 6) is 3.83. The zero-order chi connectivity index (χ0) is 23.3. The quantitative estimate of drug-likeness (QED) is 0.425. The summed E-state index contributed by atoms with van der Waals surface area (Å²) < 4.78 is 0. The van der Waals surface area contributed by atoms with Gasteiger partial charge in [-0.2, -0.15) is 0 Å². The van der Waals surface area contributed by atoms with Crippen molar-refractivity contribution in [3.8, 4) is 0 Å². The van der Waals surface area contributed by atoms with Gasteiger partial charge in [-0.05, 0) is 121 Å². The molecule has 0 radical (unpaired) electrons. The molecular weight excluding hydrogens is 388 g/mol. The molecule has 5 saturated carbocycles. The lowest BCUT2D eigenvalue weighted by atomic mass is 9.42. The molecule has 1 nitrogen and oxygen atoms in total. The molecular formula is C31H52O. The van der Waals surface area contributed by atoms with E-state index in [1.54, 1.807) is 5.57 Å². The van der Waals surface area contributed by atoms with E-state index in [2.05, 4.69) is 48.5 Å². The van der Waals surface area contributed by atoms with Gasteiger partial charge < -0.3 is 5.11 Å². The van der Waals surface area contributed by atoms with Crippen LogP contribution in [0.4, 0.5) is 0 Å². The van der Waals surface area contributed by atoms with Crippen molar-refractivity contribution in [3.05, 3.63) is 12.2 Å². The first-order valence-electron chi connectivity index (χ1n) is 14.2. The number of allylic oxidation sites excluding steroid dienone is 1. The van der Waals surface area contributed by atoms with Gasteiger partial charge in [-0.1, -0.05) is 67.0 Å². The largest absolute Gasteiger partial charge is 0.393 e. The van der Waals surface area contributed by atoms with E-state index in [1.165, 1.54) is 64.2 Å². The van der Waals surface area contributed by atoms with Gasteiger partial charge in [0.2, 0.25) is 0 Å². The molecule has 0 heterocycles. The molecule has 0 aliphatic heterocycles. The van der Waals surface area contributed by atoms with E-state index in [-0.39, 0.29) is 11.5 Å². The number of fused-ring (bicyclic) bond motifs is 2. The number of hydrogen-bond acceptors (Lipinski definition) is 1. The zero-order valence-electron chi connectivity index (χ0n) is 22.4. The summed E-state index contributed by atoms with van der Waals surface area (Å²) in [6, 6.07) is 0. The van der Waals surface area contributed by atoms with Crippen LogP contribution in [0.2, 0.25) is 0 Å². The van der Waals surface area contributed by atoms with Gasteiger partial charge >= 0.3 is 0 Å². The highest BCUT2D eigenvalue weighted by molar-refractivity contribution is 5.32. The summed E-state index contributed by atoms with van der Waals surface area (Å²) in [4.78, 5) is 0. The Labute approximate surface area is 199 Å². The minimum absolute atomic E-state index is 0.0942. The first-order valence-corrected chi connectivity index (χ1v) is 14.2. The van der Waals surface area contributed by atoms with Crippen LogP contribution in [0.15, 0.2) is 12.2 Å². The van der Waals surface area contributed by atoms with Gasteiger partial charge in [-0.15, -0.1) is 0 Å². The summed E-state index contributed by atoms with van der Waals surface area (Å²) in [7, 11) is 0. The van der Waals surface area contributed by atoms with E-state index in [0.29, 0.717) is 27.6 Å². The van der Waals surface area contributed by atoms with Crippen LogP contribution in [0.1, 0.15) is 119 Å². The van der Waals surface area contributed by atoms with E-state index in [1.807, 2.05) is 0 Å². The van der Waals surface area contributed by atoms with Crippen molar-refractivity contribution >= 4 is 0 Å². The minimum Gasteiger partial charge on any atom is -0.393 e. The summed E-state index contributed by atoms with van der Waals surface area (Å²) in [6.45, 7) is 22.1. The van der Waals surface area contributed by atoms with Crippen LogP contribution in [0.5, 0.6) is 0 Å². The Kier molecular flexibility index (Phi) is 5.21. The van der Waals surface area contributed by atoms with Crippen LogP contribution in [-0.2, 0) is 0 Å². The maximum atomic E-state index is 10.9. The second-order valence-electron chi connectivity index (χ2n) is 14.9. The van der Waals surface area contributed by atoms with Crippen LogP contribution >= 0.6 is 0 Å². The predicted octanol–water partition coefficient (Wildman–Crippen LogP) is 8.41. The fraction of sp³-hybridized carbons (Fsp3) is 0.935. The van der Waals surface area contributed by atoms with Gasteiger partial charge in [0.25, 0.3) is 0 Å². The molecule has 1 N–H and O–H groups in total. The third kappa shape index (κ3) is 2.73. The van der Waals surface area contributed by atoms with Gasteiger partial charge in [0.15, 0.2) is 0 Å². The Hall–Kier alpha value is -0.300. The van der Waals surface area contributed by atoms with Crippen LogP contribution < -0.4 is 0 Å². The topological polar surface area (TPSA) is 20.2 Å². The molecule has 2 spiro atoms. The smallest absolute Gasteiger partial charge is 0.0594 e. The Balaban J connectivity index is 1.41. The van der Waals surface area contributed by atoms with E-state index in [0.717, 1.165) is 30.1 Å². The summed E-state index contributed by atoms with van der Waals surface area (Å²) in [5, 5.41) is 10.9. The lowest BCUT2D eigenvalue weighted by molar-refractivity contribution is -0.157. The lowest BCUT2D eigenvalue weighted by Gasteiger charge is -2.63. The number of rotatable bonds is 5. The number of aliphatic hydroxyl groups excluding tert-OH is 1. The third-order valence-corrected chi connectivity index (χ3v) is 13.3. The minimum atomic E-state index is -0.0942. The average Bonchev–Trinajstić information content (AvgIpc) is 3.31. The zero-order valence-corrected chi connectivity index (χ0v) is 22.4. The van der Waals surface area contributed by atoms with E-state index >= 15 is 0 Å². The Morgan fingerprint density at radius 3 is 2.16 bits per heavy atom. The number of aliphatic hydroxyl groups is 1. The van der Waals surface area contributed by atoms with Crippen LogP contribution in [0.3, 0.4) is 0 Å². The summed E-state index contributed by atoms with van der Waals surface area (Å²) in [5.41, 5.74) is 3.77. The SMILES string of the molecule is C=C([C@H](C)CCC(C)C)[C@@H]1CC[C@@]2(C)[C@H]3CC[C@@H]4C(C)(C)[C@@H](O)CC[C@]45C[C@]35CC[C@]12C. The Bertz CT molecular complexity index is 779. The van der Waals surface area contributed by atoms with Crippen molar-refractivity contribution in [3.63, 3.8) is 0 Å². The second kappa shape index (κ2) is 7.11. The van der Waals surface area contributed by atoms with Crippen LogP contribution in [0.25, 0.3) is 0 Å². The van der Waals surface area contributed by atoms with Crippen LogP contribution in [-0.4, -0.2) is 11.2 Å². The van der Waals surface area contributed by atoms with Gasteiger partial charge in [0.05, 0.1) is 6.10 Å². The Morgan fingerprint density at radius 2 is 1.47 bits per heavy atom. The van der Waals surface area contributed by atoms with Crippen LogP contribution in [0, 0.1) is 56.7 Å². The summed E-state index contributed by atoms with van der Waals surface area (Å²) in [6.07, 6.45) is 14.8. The number of hydrogen-bond donors (Lipinski definition) is 1. The normalized spacial score (nSPS) is 51.9. The maximum Gasteiger partial charge on any atom is 0.0594 e. The van der Waals surface area contributed by atoms with Crippen molar-refractivity contribution in [2.24, 2.45) is 56.7 Å². The molecule has 0 bridgehead atoms. The second-order valence-corrected chi connectivity index (χ2v) is 14.9. The lowest BCUT2D eigenvalue weighted by Crippen LogP contribution is -2.57. The van der Waals surface area contributed by atoms with Gasteiger partial charge in [-0.3, -0.25) is 0 Å². The molecule has 182 valence electrons. The molecule has 5 rings (SSSR count). The maximum absolute atomic E-state index is 10.9. The molecule has 5 aliphatic carbocycles. The van der Waals surface area contributed by atoms with Gasteiger partial charge in [0, 0.05) is 0 Å². The first kappa shape index (κ1) is 23.4.